The quantitative estimate of drug-likeness (QED) is 0.319. The van der Waals surface area contributed by atoms with Gasteiger partial charge in [-0.05, 0) is 42.3 Å². The van der Waals surface area contributed by atoms with Crippen molar-refractivity contribution in [2.45, 2.75) is 13.0 Å². The molecule has 0 saturated heterocycles. The first-order valence-corrected chi connectivity index (χ1v) is 10.8. The van der Waals surface area contributed by atoms with Crippen molar-refractivity contribution in [1.82, 2.24) is 9.78 Å². The third-order valence-electron chi connectivity index (χ3n) is 5.35. The highest BCUT2D eigenvalue weighted by molar-refractivity contribution is 5.91. The van der Waals surface area contributed by atoms with Gasteiger partial charge in [0.1, 0.15) is 23.2 Å². The molecule has 1 aromatic heterocycles. The van der Waals surface area contributed by atoms with E-state index in [0.717, 1.165) is 17.7 Å². The number of halogens is 2. The number of nitrogens with zero attached hydrogens (tertiary/aromatic N) is 2. The van der Waals surface area contributed by atoms with Crippen LogP contribution in [0.25, 0.3) is 11.1 Å². The molecule has 2 N–H and O–H groups in total. The molecule has 4 rings (SSSR count). The Morgan fingerprint density at radius 1 is 1.03 bits per heavy atom. The second kappa shape index (κ2) is 10.3. The molecule has 0 fully saturated rings. The summed E-state index contributed by atoms with van der Waals surface area (Å²) in [5.41, 5.74) is 0.852. The van der Waals surface area contributed by atoms with E-state index in [4.69, 9.17) is 9.47 Å². The second-order valence-corrected chi connectivity index (χ2v) is 7.79. The monoisotopic (exact) mass is 493 g/mol. The van der Waals surface area contributed by atoms with Crippen molar-refractivity contribution in [2.75, 3.05) is 5.32 Å². The van der Waals surface area contributed by atoms with Crippen molar-refractivity contribution in [2.24, 2.45) is 7.05 Å². The van der Waals surface area contributed by atoms with Crippen LogP contribution in [-0.2, 0) is 11.8 Å². The number of aryl methyl sites for hydroxylation is 1. The molecule has 3 aromatic carbocycles. The van der Waals surface area contributed by atoms with Gasteiger partial charge < -0.3 is 14.6 Å². The molecule has 1 heterocycles. The molecule has 0 spiro atoms. The van der Waals surface area contributed by atoms with Crippen LogP contribution in [0.1, 0.15) is 28.9 Å². The number of para-hydroxylation sites is 1. The highest BCUT2D eigenvalue weighted by Gasteiger charge is 2.22. The second-order valence-electron chi connectivity index (χ2n) is 7.79. The number of carboxylic acid groups (broad SMARTS) is 1. The summed E-state index contributed by atoms with van der Waals surface area (Å²) in [5, 5.41) is 15.9. The number of anilines is 1. The van der Waals surface area contributed by atoms with Crippen LogP contribution in [0.2, 0.25) is 0 Å². The highest BCUT2D eigenvalue weighted by Crippen LogP contribution is 2.36. The van der Waals surface area contributed by atoms with E-state index in [9.17, 15) is 23.5 Å². The van der Waals surface area contributed by atoms with Gasteiger partial charge >= 0.3 is 12.1 Å². The zero-order valence-corrected chi connectivity index (χ0v) is 19.2. The van der Waals surface area contributed by atoms with Crippen LogP contribution in [0.4, 0.5) is 19.4 Å². The molecule has 1 atom stereocenters. The number of aromatic nitrogens is 2. The van der Waals surface area contributed by atoms with Crippen molar-refractivity contribution in [1.29, 1.82) is 0 Å². The van der Waals surface area contributed by atoms with Crippen LogP contribution < -0.4 is 10.1 Å². The summed E-state index contributed by atoms with van der Waals surface area (Å²) in [4.78, 5) is 23.9. The summed E-state index contributed by atoms with van der Waals surface area (Å²) < 4.78 is 41.9. The van der Waals surface area contributed by atoms with E-state index in [1.807, 2.05) is 30.3 Å². The SMILES string of the molecule is CC(OC(=O)Nc1c(-c2cc(F)c(Oc3ccccc3C(=O)O)c(F)c2)cnn1C)c1ccccc1. The Kier molecular flexibility index (Phi) is 6.95. The van der Waals surface area contributed by atoms with E-state index in [-0.39, 0.29) is 28.3 Å². The third kappa shape index (κ3) is 5.17. The van der Waals surface area contributed by atoms with Crippen molar-refractivity contribution < 1.29 is 33.0 Å². The maximum absolute atomic E-state index is 14.9. The number of carbonyl (C=O) groups excluding carboxylic acids is 1. The molecule has 0 bridgehead atoms. The van der Waals surface area contributed by atoms with Gasteiger partial charge in [0, 0.05) is 12.6 Å². The van der Waals surface area contributed by atoms with Crippen molar-refractivity contribution >= 4 is 17.9 Å². The Bertz CT molecular complexity index is 1400. The number of carbonyl (C=O) groups is 2. The molecule has 184 valence electrons. The van der Waals surface area contributed by atoms with E-state index in [0.29, 0.717) is 0 Å². The lowest BCUT2D eigenvalue weighted by Crippen LogP contribution is -2.18. The summed E-state index contributed by atoms with van der Waals surface area (Å²) in [5.74, 6) is -4.26. The predicted octanol–water partition coefficient (Wildman–Crippen LogP) is 6.17. The molecule has 1 unspecified atom stereocenters. The largest absolute Gasteiger partial charge is 0.478 e. The van der Waals surface area contributed by atoms with E-state index < -0.39 is 35.6 Å². The minimum Gasteiger partial charge on any atom is -0.478 e. The van der Waals surface area contributed by atoms with Crippen molar-refractivity contribution in [3.63, 3.8) is 0 Å². The average Bonchev–Trinajstić information content (AvgIpc) is 3.21. The van der Waals surface area contributed by atoms with Crippen molar-refractivity contribution in [3.8, 4) is 22.6 Å². The minimum atomic E-state index is -1.30. The smallest absolute Gasteiger partial charge is 0.413 e. The number of nitrogens with one attached hydrogen (secondary N) is 1. The number of amides is 1. The molecule has 0 saturated carbocycles. The van der Waals surface area contributed by atoms with E-state index in [2.05, 4.69) is 10.4 Å². The fourth-order valence-electron chi connectivity index (χ4n) is 3.53. The lowest BCUT2D eigenvalue weighted by atomic mass is 10.1. The Morgan fingerprint density at radius 2 is 1.67 bits per heavy atom. The standard InChI is InChI=1S/C26H21F2N3O5/c1-15(16-8-4-3-5-9-16)35-26(34)30-24-19(14-29-31(24)2)17-12-20(27)23(21(28)13-17)36-22-11-7-6-10-18(22)25(32)33/h3-15H,1-2H3,(H,30,34)(H,32,33). The van der Waals surface area contributed by atoms with E-state index in [1.54, 1.807) is 14.0 Å². The molecule has 0 aliphatic rings. The van der Waals surface area contributed by atoms with Gasteiger partial charge in [-0.2, -0.15) is 5.10 Å². The molecule has 1 amide bonds. The highest BCUT2D eigenvalue weighted by atomic mass is 19.1. The zero-order chi connectivity index (χ0) is 25.8. The van der Waals surface area contributed by atoms with Gasteiger partial charge in [-0.25, -0.2) is 18.4 Å². The lowest BCUT2D eigenvalue weighted by molar-refractivity contribution is 0.0693. The van der Waals surface area contributed by atoms with Gasteiger partial charge in [0.25, 0.3) is 0 Å². The molecule has 36 heavy (non-hydrogen) atoms. The molecule has 0 radical (unpaired) electrons. The van der Waals surface area contributed by atoms with Gasteiger partial charge in [-0.3, -0.25) is 10.00 Å². The predicted molar refractivity (Wildman–Crippen MR) is 127 cm³/mol. The number of aromatic carboxylic acids is 1. The van der Waals surface area contributed by atoms with Crippen LogP contribution in [0.5, 0.6) is 11.5 Å². The molecule has 0 aliphatic heterocycles. The number of rotatable bonds is 7. The van der Waals surface area contributed by atoms with Crippen LogP contribution in [0.15, 0.2) is 72.9 Å². The number of carboxylic acids is 1. The number of hydrogen-bond donors (Lipinski definition) is 2. The molecule has 10 heteroatoms. The van der Waals surface area contributed by atoms with Gasteiger partial charge in [0.15, 0.2) is 17.4 Å². The van der Waals surface area contributed by atoms with Gasteiger partial charge in [-0.1, -0.05) is 42.5 Å². The minimum absolute atomic E-state index is 0.0726. The van der Waals surface area contributed by atoms with Gasteiger partial charge in [0.05, 0.1) is 6.20 Å². The molecule has 8 nitrogen and oxygen atoms in total. The summed E-state index contributed by atoms with van der Waals surface area (Å²) in [7, 11) is 1.55. The molecule has 0 aliphatic carbocycles. The fraction of sp³-hybridized carbons (Fsp3) is 0.115. The summed E-state index contributed by atoms with van der Waals surface area (Å²) >= 11 is 0. The van der Waals surface area contributed by atoms with Gasteiger partial charge in [-0.15, -0.1) is 0 Å². The van der Waals surface area contributed by atoms with E-state index in [1.165, 1.54) is 35.1 Å². The summed E-state index contributed by atoms with van der Waals surface area (Å²) in [6, 6.07) is 16.6. The van der Waals surface area contributed by atoms with Crippen LogP contribution in [0, 0.1) is 11.6 Å². The first-order chi connectivity index (χ1) is 17.2. The number of benzene rings is 3. The molecular weight excluding hydrogens is 472 g/mol. The maximum Gasteiger partial charge on any atom is 0.413 e. The van der Waals surface area contributed by atoms with E-state index >= 15 is 0 Å². The molecular formula is C26H21F2N3O5. The summed E-state index contributed by atoms with van der Waals surface area (Å²) in [6.45, 7) is 1.71. The zero-order valence-electron chi connectivity index (χ0n) is 19.2. The molecule has 4 aromatic rings. The fourth-order valence-corrected chi connectivity index (χ4v) is 3.53. The van der Waals surface area contributed by atoms with Gasteiger partial charge in [0.2, 0.25) is 0 Å². The normalized spacial score (nSPS) is 11.6. The van der Waals surface area contributed by atoms with Crippen LogP contribution in [0.3, 0.4) is 0 Å². The van der Waals surface area contributed by atoms with Crippen LogP contribution >= 0.6 is 0 Å². The Balaban J connectivity index is 1.58. The van der Waals surface area contributed by atoms with Crippen molar-refractivity contribution in [3.05, 3.63) is 95.7 Å². The number of hydrogen-bond acceptors (Lipinski definition) is 5. The lowest BCUT2D eigenvalue weighted by Gasteiger charge is -2.15. The Hall–Kier alpha value is -4.73. The summed E-state index contributed by atoms with van der Waals surface area (Å²) in [6.07, 6.45) is 0.0234. The topological polar surface area (TPSA) is 103 Å². The first-order valence-electron chi connectivity index (χ1n) is 10.8. The maximum atomic E-state index is 14.9. The van der Waals surface area contributed by atoms with Crippen LogP contribution in [-0.4, -0.2) is 26.9 Å². The first kappa shape index (κ1) is 24.4. The average molecular weight is 493 g/mol. The third-order valence-corrected chi connectivity index (χ3v) is 5.35. The Labute approximate surface area is 204 Å². The Morgan fingerprint density at radius 3 is 2.33 bits per heavy atom. The number of ether oxygens (including phenoxy) is 2.